The smallest absolute Gasteiger partial charge is 0.0681 e. The molecule has 0 spiro atoms. The first kappa shape index (κ1) is 13.2. The number of aliphatic hydroxyl groups is 1. The van der Waals surface area contributed by atoms with Crippen LogP contribution in [-0.2, 0) is 17.9 Å². The summed E-state index contributed by atoms with van der Waals surface area (Å²) in [7, 11) is 0. The van der Waals surface area contributed by atoms with Crippen LogP contribution in [0.2, 0.25) is 0 Å². The predicted molar refractivity (Wildman–Crippen MR) is 65.2 cm³/mol. The number of nitrogens with one attached hydrogen (secondary N) is 1. The number of hydrogen-bond donors (Lipinski definition) is 2. The van der Waals surface area contributed by atoms with Gasteiger partial charge in [0.05, 0.1) is 6.61 Å². The highest BCUT2D eigenvalue weighted by Crippen LogP contribution is 2.03. The summed E-state index contributed by atoms with van der Waals surface area (Å²) < 4.78 is 5.25. The highest BCUT2D eigenvalue weighted by Gasteiger charge is 1.93. The fraction of sp³-hybridized carbons (Fsp3) is 0.538. The zero-order chi connectivity index (χ0) is 11.6. The molecule has 1 rings (SSSR count). The topological polar surface area (TPSA) is 41.5 Å². The van der Waals surface area contributed by atoms with Crippen LogP contribution in [-0.4, -0.2) is 24.9 Å². The van der Waals surface area contributed by atoms with Crippen molar-refractivity contribution in [3.05, 3.63) is 35.4 Å². The highest BCUT2D eigenvalue weighted by atomic mass is 16.5. The van der Waals surface area contributed by atoms with Crippen molar-refractivity contribution in [3.63, 3.8) is 0 Å². The van der Waals surface area contributed by atoms with E-state index in [4.69, 9.17) is 9.84 Å². The van der Waals surface area contributed by atoms with Crippen molar-refractivity contribution in [1.82, 2.24) is 5.32 Å². The maximum atomic E-state index is 8.90. The summed E-state index contributed by atoms with van der Waals surface area (Å²) in [6, 6.07) is 8.00. The van der Waals surface area contributed by atoms with E-state index in [1.807, 2.05) is 31.2 Å². The minimum absolute atomic E-state index is 0.113. The maximum Gasteiger partial charge on any atom is 0.0681 e. The van der Waals surface area contributed by atoms with E-state index in [2.05, 4.69) is 5.32 Å². The summed E-state index contributed by atoms with van der Waals surface area (Å²) in [5.41, 5.74) is 2.20. The van der Waals surface area contributed by atoms with E-state index in [0.29, 0.717) is 0 Å². The van der Waals surface area contributed by atoms with E-state index in [9.17, 15) is 0 Å². The van der Waals surface area contributed by atoms with Crippen molar-refractivity contribution in [2.45, 2.75) is 26.5 Å². The average molecular weight is 223 g/mol. The fourth-order valence-electron chi connectivity index (χ4n) is 1.44. The molecule has 3 nitrogen and oxygen atoms in total. The Bertz CT molecular complexity index is 272. The summed E-state index contributed by atoms with van der Waals surface area (Å²) in [6.45, 7) is 5.59. The molecular weight excluding hydrogens is 202 g/mol. The van der Waals surface area contributed by atoms with Crippen LogP contribution in [0.1, 0.15) is 24.5 Å². The lowest BCUT2D eigenvalue weighted by molar-refractivity contribution is 0.144. The molecule has 90 valence electrons. The Morgan fingerprint density at radius 1 is 1.19 bits per heavy atom. The molecule has 0 aliphatic rings. The average Bonchev–Trinajstić information content (AvgIpc) is 2.34. The largest absolute Gasteiger partial charge is 0.392 e. The van der Waals surface area contributed by atoms with Gasteiger partial charge in [0, 0.05) is 19.8 Å². The maximum absolute atomic E-state index is 8.90. The molecule has 0 radical (unpaired) electrons. The molecule has 0 heterocycles. The zero-order valence-corrected chi connectivity index (χ0v) is 9.91. The van der Waals surface area contributed by atoms with Crippen molar-refractivity contribution in [2.24, 2.45) is 0 Å². The van der Waals surface area contributed by atoms with Gasteiger partial charge in [0.2, 0.25) is 0 Å². The molecule has 0 aliphatic carbocycles. The van der Waals surface area contributed by atoms with Gasteiger partial charge in [-0.2, -0.15) is 0 Å². The molecular formula is C13H21NO2. The van der Waals surface area contributed by atoms with E-state index in [1.165, 1.54) is 5.56 Å². The van der Waals surface area contributed by atoms with Crippen LogP contribution in [0.4, 0.5) is 0 Å². The van der Waals surface area contributed by atoms with Gasteiger partial charge in [-0.1, -0.05) is 24.3 Å². The molecule has 0 atom stereocenters. The molecule has 1 aromatic carbocycles. The lowest BCUT2D eigenvalue weighted by atomic mass is 10.1. The summed E-state index contributed by atoms with van der Waals surface area (Å²) >= 11 is 0. The first-order valence-corrected chi connectivity index (χ1v) is 5.84. The van der Waals surface area contributed by atoms with Gasteiger partial charge in [-0.25, -0.2) is 0 Å². The van der Waals surface area contributed by atoms with Gasteiger partial charge in [-0.15, -0.1) is 0 Å². The lowest BCUT2D eigenvalue weighted by Crippen LogP contribution is -2.16. The Morgan fingerprint density at radius 2 is 1.88 bits per heavy atom. The third kappa shape index (κ3) is 5.26. The standard InChI is InChI=1S/C13H21NO2/c1-2-16-9-3-8-14-10-12-4-6-13(11-15)7-5-12/h4-7,14-15H,2-3,8-11H2,1H3. The van der Waals surface area contributed by atoms with Crippen LogP contribution in [0, 0.1) is 0 Å². The normalized spacial score (nSPS) is 10.6. The fourth-order valence-corrected chi connectivity index (χ4v) is 1.44. The third-order valence-corrected chi connectivity index (χ3v) is 2.38. The zero-order valence-electron chi connectivity index (χ0n) is 9.91. The van der Waals surface area contributed by atoms with E-state index in [0.717, 1.165) is 38.3 Å². The number of aliphatic hydroxyl groups excluding tert-OH is 1. The highest BCUT2D eigenvalue weighted by molar-refractivity contribution is 5.21. The SMILES string of the molecule is CCOCCCNCc1ccc(CO)cc1. The van der Waals surface area contributed by atoms with E-state index < -0.39 is 0 Å². The first-order valence-electron chi connectivity index (χ1n) is 5.84. The number of benzene rings is 1. The van der Waals surface area contributed by atoms with Gasteiger partial charge in [0.15, 0.2) is 0 Å². The van der Waals surface area contributed by atoms with Gasteiger partial charge in [0.25, 0.3) is 0 Å². The van der Waals surface area contributed by atoms with Gasteiger partial charge in [-0.3, -0.25) is 0 Å². The van der Waals surface area contributed by atoms with Gasteiger partial charge >= 0.3 is 0 Å². The first-order chi connectivity index (χ1) is 7.86. The molecule has 0 aliphatic heterocycles. The van der Waals surface area contributed by atoms with Crippen LogP contribution >= 0.6 is 0 Å². The van der Waals surface area contributed by atoms with Crippen LogP contribution in [0.5, 0.6) is 0 Å². The lowest BCUT2D eigenvalue weighted by Gasteiger charge is -2.05. The van der Waals surface area contributed by atoms with Crippen LogP contribution in [0.3, 0.4) is 0 Å². The number of rotatable bonds is 8. The van der Waals surface area contributed by atoms with Crippen LogP contribution in [0.15, 0.2) is 24.3 Å². The van der Waals surface area contributed by atoms with Crippen LogP contribution < -0.4 is 5.32 Å². The Kier molecular flexibility index (Phi) is 6.81. The molecule has 2 N–H and O–H groups in total. The van der Waals surface area contributed by atoms with E-state index >= 15 is 0 Å². The minimum atomic E-state index is 0.113. The summed E-state index contributed by atoms with van der Waals surface area (Å²) in [5, 5.41) is 12.3. The van der Waals surface area contributed by atoms with E-state index in [1.54, 1.807) is 0 Å². The molecule has 0 fully saturated rings. The number of ether oxygens (including phenoxy) is 1. The second kappa shape index (κ2) is 8.28. The van der Waals surface area contributed by atoms with E-state index in [-0.39, 0.29) is 6.61 Å². The van der Waals surface area contributed by atoms with Crippen LogP contribution in [0.25, 0.3) is 0 Å². The summed E-state index contributed by atoms with van der Waals surface area (Å²) in [6.07, 6.45) is 1.04. The van der Waals surface area contributed by atoms with Crippen molar-refractivity contribution >= 4 is 0 Å². The van der Waals surface area contributed by atoms with Crippen molar-refractivity contribution in [3.8, 4) is 0 Å². The molecule has 0 saturated carbocycles. The molecule has 0 saturated heterocycles. The van der Waals surface area contributed by atoms with Gasteiger partial charge < -0.3 is 15.2 Å². The van der Waals surface area contributed by atoms with Gasteiger partial charge in [-0.05, 0) is 31.0 Å². The Hall–Kier alpha value is -0.900. The third-order valence-electron chi connectivity index (χ3n) is 2.38. The van der Waals surface area contributed by atoms with Crippen molar-refractivity contribution in [2.75, 3.05) is 19.8 Å². The number of hydrogen-bond acceptors (Lipinski definition) is 3. The molecule has 0 unspecified atom stereocenters. The Morgan fingerprint density at radius 3 is 2.50 bits per heavy atom. The van der Waals surface area contributed by atoms with Gasteiger partial charge in [0.1, 0.15) is 0 Å². The molecule has 3 heteroatoms. The molecule has 0 bridgehead atoms. The van der Waals surface area contributed by atoms with Crippen molar-refractivity contribution < 1.29 is 9.84 Å². The second-order valence-corrected chi connectivity index (χ2v) is 3.70. The quantitative estimate of drug-likeness (QED) is 0.659. The monoisotopic (exact) mass is 223 g/mol. The minimum Gasteiger partial charge on any atom is -0.392 e. The molecule has 0 amide bonds. The Balaban J connectivity index is 2.12. The molecule has 0 aromatic heterocycles. The Labute approximate surface area is 97.4 Å². The van der Waals surface area contributed by atoms with Crippen molar-refractivity contribution in [1.29, 1.82) is 0 Å². The molecule has 1 aromatic rings. The molecule has 16 heavy (non-hydrogen) atoms. The predicted octanol–water partition coefficient (Wildman–Crippen LogP) is 1.70. The summed E-state index contributed by atoms with van der Waals surface area (Å²) in [5.74, 6) is 0. The second-order valence-electron chi connectivity index (χ2n) is 3.70. The summed E-state index contributed by atoms with van der Waals surface area (Å²) in [4.78, 5) is 0.